The van der Waals surface area contributed by atoms with Crippen molar-refractivity contribution < 1.29 is 0 Å². The van der Waals surface area contributed by atoms with Crippen LogP contribution in [0.15, 0.2) is 24.3 Å². The fraction of sp³-hybridized carbons (Fsp3) is 0.500. The molecule has 0 saturated carbocycles. The van der Waals surface area contributed by atoms with Gasteiger partial charge in [-0.2, -0.15) is 0 Å². The Bertz CT molecular complexity index is 261. The maximum absolute atomic E-state index is 5.81. The van der Waals surface area contributed by atoms with Gasteiger partial charge in [-0.15, -0.1) is 0 Å². The zero-order valence-electron chi connectivity index (χ0n) is 9.13. The molecule has 1 aromatic rings. The van der Waals surface area contributed by atoms with E-state index in [1.54, 1.807) is 0 Å². The van der Waals surface area contributed by atoms with Crippen LogP contribution in [-0.4, -0.2) is 20.4 Å². The van der Waals surface area contributed by atoms with Crippen LogP contribution in [-0.2, 0) is 0 Å². The second-order valence-electron chi connectivity index (χ2n) is 3.44. The first kappa shape index (κ1) is 12.9. The summed E-state index contributed by atoms with van der Waals surface area (Å²) in [4.78, 5) is 0. The van der Waals surface area contributed by atoms with E-state index in [1.807, 2.05) is 24.3 Å². The van der Waals surface area contributed by atoms with Gasteiger partial charge in [0.1, 0.15) is 0 Å². The average molecular weight is 291 g/mol. The average Bonchev–Trinajstić information content (AvgIpc) is 2.26. The molecule has 0 unspecified atom stereocenters. The molecule has 0 heterocycles. The van der Waals surface area contributed by atoms with Crippen LogP contribution < -0.4 is 5.32 Å². The van der Waals surface area contributed by atoms with Crippen molar-refractivity contribution >= 4 is 32.2 Å². The van der Waals surface area contributed by atoms with Gasteiger partial charge >= 0.3 is 104 Å². The molecule has 0 saturated heterocycles. The van der Waals surface area contributed by atoms with E-state index in [0.717, 1.165) is 25.4 Å². The van der Waals surface area contributed by atoms with Gasteiger partial charge in [-0.1, -0.05) is 0 Å². The molecule has 0 spiro atoms. The number of hydrogen-bond acceptors (Lipinski definition) is 1. The van der Waals surface area contributed by atoms with Crippen molar-refractivity contribution in [1.29, 1.82) is 0 Å². The van der Waals surface area contributed by atoms with Gasteiger partial charge in [0.15, 0.2) is 0 Å². The van der Waals surface area contributed by atoms with Gasteiger partial charge in [0.25, 0.3) is 0 Å². The fourth-order valence-corrected chi connectivity index (χ4v) is 3.08. The molecule has 0 bridgehead atoms. The van der Waals surface area contributed by atoms with Gasteiger partial charge < -0.3 is 0 Å². The summed E-state index contributed by atoms with van der Waals surface area (Å²) in [5.41, 5.74) is 2.30. The zero-order chi connectivity index (χ0) is 10.9. The molecule has 0 radical (unpaired) electrons. The van der Waals surface area contributed by atoms with E-state index in [1.165, 1.54) is 30.3 Å². The van der Waals surface area contributed by atoms with Gasteiger partial charge in [0, 0.05) is 0 Å². The summed E-state index contributed by atoms with van der Waals surface area (Å²) in [7, 11) is 0. The van der Waals surface area contributed by atoms with Crippen LogP contribution in [0.25, 0.3) is 0 Å². The molecular weight excluding hydrogens is 273 g/mol. The first-order chi connectivity index (χ1) is 7.33. The van der Waals surface area contributed by atoms with Crippen molar-refractivity contribution in [2.45, 2.75) is 31.5 Å². The number of benzene rings is 1. The Labute approximate surface area is 104 Å². The second-order valence-corrected chi connectivity index (χ2v) is 6.20. The maximum atomic E-state index is 5.81. The molecule has 1 aromatic carbocycles. The van der Waals surface area contributed by atoms with E-state index in [2.05, 4.69) is 12.2 Å². The third kappa shape index (κ3) is 6.09. The van der Waals surface area contributed by atoms with Crippen LogP contribution in [0.2, 0.25) is 10.3 Å². The Morgan fingerprint density at radius 2 is 1.93 bits per heavy atom. The number of hydrogen-bond donors (Lipinski definition) is 1. The Morgan fingerprint density at radius 1 is 1.20 bits per heavy atom. The molecule has 1 rings (SSSR count). The SMILES string of the molecule is CCCCC[Se]CNc1ccc(Cl)cc1. The van der Waals surface area contributed by atoms with E-state index >= 15 is 0 Å². The first-order valence-electron chi connectivity index (χ1n) is 5.40. The fourth-order valence-electron chi connectivity index (χ4n) is 1.23. The van der Waals surface area contributed by atoms with Gasteiger partial charge in [-0.25, -0.2) is 0 Å². The molecule has 1 N–H and O–H groups in total. The van der Waals surface area contributed by atoms with Crippen molar-refractivity contribution in [1.82, 2.24) is 0 Å². The molecule has 0 aromatic heterocycles. The van der Waals surface area contributed by atoms with E-state index in [-0.39, 0.29) is 0 Å². The third-order valence-electron chi connectivity index (χ3n) is 2.11. The quantitative estimate of drug-likeness (QED) is 0.591. The molecule has 0 amide bonds. The first-order valence-corrected chi connectivity index (χ1v) is 8.20. The molecule has 0 aliphatic rings. The molecule has 0 aliphatic carbocycles. The standard InChI is InChI=1S/C12H18ClNSe/c1-2-3-4-9-15-10-14-12-7-5-11(13)6-8-12/h5-8,14H,2-4,9-10H2,1H3. The summed E-state index contributed by atoms with van der Waals surface area (Å²) in [6.07, 6.45) is 4.09. The number of halogens is 1. The van der Waals surface area contributed by atoms with Gasteiger partial charge in [-0.05, 0) is 0 Å². The van der Waals surface area contributed by atoms with Crippen LogP contribution in [0.1, 0.15) is 26.2 Å². The van der Waals surface area contributed by atoms with E-state index < -0.39 is 0 Å². The van der Waals surface area contributed by atoms with E-state index in [0.29, 0.717) is 0 Å². The molecule has 84 valence electrons. The molecule has 0 fully saturated rings. The van der Waals surface area contributed by atoms with Crippen molar-refractivity contribution in [3.63, 3.8) is 0 Å². The monoisotopic (exact) mass is 291 g/mol. The van der Waals surface area contributed by atoms with Crippen LogP contribution in [0.4, 0.5) is 5.69 Å². The van der Waals surface area contributed by atoms with Crippen molar-refractivity contribution in [3.8, 4) is 0 Å². The molecular formula is C12H18ClNSe. The molecule has 3 heteroatoms. The minimum atomic E-state index is 0.731. The Balaban J connectivity index is 2.07. The Kier molecular flexibility index (Phi) is 6.91. The molecule has 15 heavy (non-hydrogen) atoms. The number of unbranched alkanes of at least 4 members (excludes halogenated alkanes) is 2. The summed E-state index contributed by atoms with van der Waals surface area (Å²) in [5.74, 6) is 0. The molecule has 0 aliphatic heterocycles. The Hall–Kier alpha value is -0.171. The zero-order valence-corrected chi connectivity index (χ0v) is 11.6. The third-order valence-corrected chi connectivity index (χ3v) is 4.31. The number of nitrogens with one attached hydrogen (secondary N) is 1. The van der Waals surface area contributed by atoms with Crippen LogP contribution in [0.3, 0.4) is 0 Å². The van der Waals surface area contributed by atoms with Gasteiger partial charge in [0.2, 0.25) is 0 Å². The normalized spacial score (nSPS) is 10.3. The number of anilines is 1. The van der Waals surface area contributed by atoms with E-state index in [9.17, 15) is 0 Å². The second kappa shape index (κ2) is 8.04. The van der Waals surface area contributed by atoms with Crippen LogP contribution in [0, 0.1) is 0 Å². The summed E-state index contributed by atoms with van der Waals surface area (Å²) in [6, 6.07) is 7.91. The summed E-state index contributed by atoms with van der Waals surface area (Å²) in [6.45, 7) is 2.25. The van der Waals surface area contributed by atoms with Crippen LogP contribution >= 0.6 is 11.6 Å². The summed E-state index contributed by atoms with van der Waals surface area (Å²) < 4.78 is 0. The Morgan fingerprint density at radius 3 is 2.60 bits per heavy atom. The summed E-state index contributed by atoms with van der Waals surface area (Å²) >= 11 is 6.54. The van der Waals surface area contributed by atoms with Crippen molar-refractivity contribution in [2.24, 2.45) is 0 Å². The molecule has 1 nitrogen and oxygen atoms in total. The molecule has 0 atom stereocenters. The van der Waals surface area contributed by atoms with Crippen molar-refractivity contribution in [3.05, 3.63) is 29.3 Å². The topological polar surface area (TPSA) is 12.0 Å². The minimum absolute atomic E-state index is 0.731. The van der Waals surface area contributed by atoms with E-state index in [4.69, 9.17) is 11.6 Å². The number of rotatable bonds is 7. The predicted octanol–water partition coefficient (Wildman–Crippen LogP) is 4.02. The van der Waals surface area contributed by atoms with Crippen LogP contribution in [0.5, 0.6) is 0 Å². The predicted molar refractivity (Wildman–Crippen MR) is 70.0 cm³/mol. The van der Waals surface area contributed by atoms with Crippen molar-refractivity contribution in [2.75, 3.05) is 10.8 Å². The summed E-state index contributed by atoms with van der Waals surface area (Å²) in [5, 5.41) is 5.61. The van der Waals surface area contributed by atoms with Gasteiger partial charge in [-0.3, -0.25) is 0 Å². The van der Waals surface area contributed by atoms with Gasteiger partial charge in [0.05, 0.1) is 0 Å².